The van der Waals surface area contributed by atoms with Gasteiger partial charge in [-0.05, 0) is 18.3 Å². The second kappa shape index (κ2) is 5.03. The molecule has 1 heteroatoms. The third kappa shape index (κ3) is 2.66. The fraction of sp³-hybridized carbons (Fsp3) is 1.00. The largest absolute Gasteiger partial charge is 0.127 e. The Bertz CT molecular complexity index is 99.0. The van der Waals surface area contributed by atoms with Crippen molar-refractivity contribution in [2.75, 3.05) is 5.88 Å². The molecule has 0 aliphatic heterocycles. The zero-order valence-electron chi connectivity index (χ0n) is 7.48. The summed E-state index contributed by atoms with van der Waals surface area (Å²) >= 11 is 5.76. The Balaban J connectivity index is 2.31. The molecular formula is C10H19Cl. The molecule has 0 nitrogen and oxygen atoms in total. The maximum absolute atomic E-state index is 5.76. The van der Waals surface area contributed by atoms with Gasteiger partial charge in [0.1, 0.15) is 0 Å². The molecule has 0 aromatic heterocycles. The maximum Gasteiger partial charge on any atom is 0.0226 e. The van der Waals surface area contributed by atoms with Gasteiger partial charge in [-0.3, -0.25) is 0 Å². The van der Waals surface area contributed by atoms with Crippen LogP contribution < -0.4 is 0 Å². The number of alkyl halides is 1. The van der Waals surface area contributed by atoms with E-state index >= 15 is 0 Å². The van der Waals surface area contributed by atoms with E-state index in [0.717, 1.165) is 17.7 Å². The number of halogens is 1. The summed E-state index contributed by atoms with van der Waals surface area (Å²) in [6.07, 6.45) is 8.40. The molecule has 0 aromatic carbocycles. The lowest BCUT2D eigenvalue weighted by molar-refractivity contribution is 0.225. The van der Waals surface area contributed by atoms with E-state index in [1.807, 2.05) is 0 Å². The predicted octanol–water partition coefficient (Wildman–Crippen LogP) is 3.83. The Morgan fingerprint density at radius 3 is 2.36 bits per heavy atom. The Morgan fingerprint density at radius 1 is 1.18 bits per heavy atom. The van der Waals surface area contributed by atoms with E-state index in [1.54, 1.807) is 0 Å². The van der Waals surface area contributed by atoms with Gasteiger partial charge in [-0.25, -0.2) is 0 Å². The van der Waals surface area contributed by atoms with Crippen LogP contribution in [-0.2, 0) is 0 Å². The van der Waals surface area contributed by atoms with Crippen molar-refractivity contribution in [3.63, 3.8) is 0 Å². The van der Waals surface area contributed by atoms with Gasteiger partial charge >= 0.3 is 0 Å². The van der Waals surface area contributed by atoms with Crippen LogP contribution in [0.3, 0.4) is 0 Å². The molecule has 0 saturated heterocycles. The van der Waals surface area contributed by atoms with E-state index in [4.69, 9.17) is 11.6 Å². The third-order valence-electron chi connectivity index (χ3n) is 3.07. The molecule has 0 bridgehead atoms. The van der Waals surface area contributed by atoms with Crippen molar-refractivity contribution in [1.29, 1.82) is 0 Å². The second-order valence-electron chi connectivity index (χ2n) is 3.69. The van der Waals surface area contributed by atoms with E-state index in [2.05, 4.69) is 6.92 Å². The molecule has 1 aliphatic carbocycles. The minimum atomic E-state index is 0.862. The van der Waals surface area contributed by atoms with Gasteiger partial charge in [0.25, 0.3) is 0 Å². The first kappa shape index (κ1) is 9.38. The molecule has 1 rings (SSSR count). The van der Waals surface area contributed by atoms with Crippen LogP contribution in [0.1, 0.15) is 45.4 Å². The van der Waals surface area contributed by atoms with Crippen molar-refractivity contribution in [1.82, 2.24) is 0 Å². The molecule has 11 heavy (non-hydrogen) atoms. The number of hydrogen-bond donors (Lipinski definition) is 0. The summed E-state index contributed by atoms with van der Waals surface area (Å²) < 4.78 is 0. The summed E-state index contributed by atoms with van der Waals surface area (Å²) in [6, 6.07) is 0. The van der Waals surface area contributed by atoms with Crippen LogP contribution >= 0.6 is 11.6 Å². The van der Waals surface area contributed by atoms with E-state index in [0.29, 0.717) is 0 Å². The molecule has 0 aromatic rings. The van der Waals surface area contributed by atoms with E-state index in [-0.39, 0.29) is 0 Å². The summed E-state index contributed by atoms with van der Waals surface area (Å²) in [7, 11) is 0. The first-order chi connectivity index (χ1) is 5.38. The van der Waals surface area contributed by atoms with E-state index < -0.39 is 0 Å². The first-order valence-electron chi connectivity index (χ1n) is 4.94. The average Bonchev–Trinajstić information content (AvgIpc) is 2.06. The van der Waals surface area contributed by atoms with Crippen LogP contribution in [0.2, 0.25) is 0 Å². The minimum Gasteiger partial charge on any atom is -0.127 e. The molecule has 1 fully saturated rings. The monoisotopic (exact) mass is 174 g/mol. The van der Waals surface area contributed by atoms with Crippen LogP contribution in [0.15, 0.2) is 0 Å². The fourth-order valence-electron chi connectivity index (χ4n) is 2.34. The van der Waals surface area contributed by atoms with Crippen molar-refractivity contribution < 1.29 is 0 Å². The Labute approximate surface area is 75.3 Å². The molecule has 0 amide bonds. The molecule has 0 N–H and O–H groups in total. The molecule has 1 aliphatic rings. The molecular weight excluding hydrogens is 156 g/mol. The highest BCUT2D eigenvalue weighted by Gasteiger charge is 2.22. The van der Waals surface area contributed by atoms with Gasteiger partial charge in [0.05, 0.1) is 0 Å². The van der Waals surface area contributed by atoms with Gasteiger partial charge in [-0.1, -0.05) is 39.0 Å². The predicted molar refractivity (Wildman–Crippen MR) is 51.1 cm³/mol. The highest BCUT2D eigenvalue weighted by molar-refractivity contribution is 6.17. The van der Waals surface area contributed by atoms with Crippen molar-refractivity contribution >= 4 is 11.6 Å². The second-order valence-corrected chi connectivity index (χ2v) is 4.07. The summed E-state index contributed by atoms with van der Waals surface area (Å²) in [5.74, 6) is 2.80. The molecule has 2 unspecified atom stereocenters. The van der Waals surface area contributed by atoms with Crippen LogP contribution in [0.25, 0.3) is 0 Å². The zero-order valence-corrected chi connectivity index (χ0v) is 8.24. The fourth-order valence-corrected chi connectivity index (χ4v) is 2.62. The Morgan fingerprint density at radius 2 is 1.82 bits per heavy atom. The first-order valence-corrected chi connectivity index (χ1v) is 5.48. The lowest BCUT2D eigenvalue weighted by atomic mass is 9.76. The normalized spacial score (nSPS) is 32.2. The van der Waals surface area contributed by atoms with Gasteiger partial charge in [0.15, 0.2) is 0 Å². The zero-order chi connectivity index (χ0) is 8.10. The Hall–Kier alpha value is 0.290. The highest BCUT2D eigenvalue weighted by atomic mass is 35.5. The topological polar surface area (TPSA) is 0 Å². The molecule has 0 heterocycles. The lowest BCUT2D eigenvalue weighted by Gasteiger charge is -2.30. The van der Waals surface area contributed by atoms with Gasteiger partial charge in [0, 0.05) is 5.88 Å². The third-order valence-corrected chi connectivity index (χ3v) is 3.29. The summed E-state index contributed by atoms with van der Waals surface area (Å²) in [5, 5.41) is 0. The van der Waals surface area contributed by atoms with Crippen LogP contribution in [0.5, 0.6) is 0 Å². The molecule has 66 valence electrons. The SMILES string of the molecule is CCC1CCCCC1CCCl. The molecule has 1 saturated carbocycles. The maximum atomic E-state index is 5.76. The van der Waals surface area contributed by atoms with Gasteiger partial charge < -0.3 is 0 Å². The quantitative estimate of drug-likeness (QED) is 0.571. The summed E-state index contributed by atoms with van der Waals surface area (Å²) in [5.41, 5.74) is 0. The molecule has 2 atom stereocenters. The van der Waals surface area contributed by atoms with Gasteiger partial charge in [-0.15, -0.1) is 11.6 Å². The number of rotatable bonds is 3. The highest BCUT2D eigenvalue weighted by Crippen LogP contribution is 2.34. The average molecular weight is 175 g/mol. The molecule has 0 spiro atoms. The van der Waals surface area contributed by atoms with Crippen molar-refractivity contribution in [2.24, 2.45) is 11.8 Å². The summed E-state index contributed by atoms with van der Waals surface area (Å²) in [4.78, 5) is 0. The molecule has 0 radical (unpaired) electrons. The Kier molecular flexibility index (Phi) is 4.29. The lowest BCUT2D eigenvalue weighted by Crippen LogP contribution is -2.19. The standard InChI is InChI=1S/C10H19Cl/c1-2-9-5-3-4-6-10(9)7-8-11/h9-10H,2-8H2,1H3. The van der Waals surface area contributed by atoms with Crippen LogP contribution in [-0.4, -0.2) is 5.88 Å². The van der Waals surface area contributed by atoms with E-state index in [9.17, 15) is 0 Å². The van der Waals surface area contributed by atoms with Crippen molar-refractivity contribution in [3.05, 3.63) is 0 Å². The van der Waals surface area contributed by atoms with Gasteiger partial charge in [0.2, 0.25) is 0 Å². The van der Waals surface area contributed by atoms with Gasteiger partial charge in [-0.2, -0.15) is 0 Å². The minimum absolute atomic E-state index is 0.862. The van der Waals surface area contributed by atoms with Crippen molar-refractivity contribution in [3.8, 4) is 0 Å². The summed E-state index contributed by atoms with van der Waals surface area (Å²) in [6.45, 7) is 2.32. The van der Waals surface area contributed by atoms with Crippen molar-refractivity contribution in [2.45, 2.75) is 45.4 Å². The van der Waals surface area contributed by atoms with Crippen LogP contribution in [0, 0.1) is 11.8 Å². The van der Waals surface area contributed by atoms with E-state index in [1.165, 1.54) is 38.5 Å². The van der Waals surface area contributed by atoms with Crippen LogP contribution in [0.4, 0.5) is 0 Å². The number of hydrogen-bond acceptors (Lipinski definition) is 0. The smallest absolute Gasteiger partial charge is 0.0226 e.